The maximum Gasteiger partial charge on any atom is 0.142 e. The molecule has 3 aromatic carbocycles. The number of para-hydroxylation sites is 2. The van der Waals surface area contributed by atoms with Crippen LogP contribution in [0.25, 0.3) is 0 Å². The second-order valence-electron chi connectivity index (χ2n) is 8.48. The van der Waals surface area contributed by atoms with E-state index in [1.165, 1.54) is 17.8 Å². The number of ether oxygens (including phenoxy) is 2. The highest BCUT2D eigenvalue weighted by atomic mass is 19.1. The maximum atomic E-state index is 13.4. The number of methoxy groups -OCH3 is 1. The van der Waals surface area contributed by atoms with Gasteiger partial charge < -0.3 is 14.4 Å². The number of anilines is 1. The van der Waals surface area contributed by atoms with Gasteiger partial charge in [0, 0.05) is 26.2 Å². The Balaban J connectivity index is 1.28. The Morgan fingerprint density at radius 3 is 2.27 bits per heavy atom. The zero-order valence-corrected chi connectivity index (χ0v) is 19.3. The predicted octanol–water partition coefficient (Wildman–Crippen LogP) is 5.69. The Kier molecular flexibility index (Phi) is 8.34. The summed E-state index contributed by atoms with van der Waals surface area (Å²) in [7, 11) is 1.73. The molecule has 0 spiro atoms. The lowest BCUT2D eigenvalue weighted by Gasteiger charge is -2.36. The molecule has 4 nitrogen and oxygen atoms in total. The van der Waals surface area contributed by atoms with Gasteiger partial charge in [-0.3, -0.25) is 4.90 Å². The summed E-state index contributed by atoms with van der Waals surface area (Å²) in [5.74, 6) is 0.720. The van der Waals surface area contributed by atoms with Crippen molar-refractivity contribution in [3.8, 4) is 5.75 Å². The third-order valence-corrected chi connectivity index (χ3v) is 6.27. The SMILES string of the molecule is COc1ccccc1N1CCN(CCCC(OCc2ccccc2)c2ccc(F)cc2)CC1. The summed E-state index contributed by atoms with van der Waals surface area (Å²) in [5.41, 5.74) is 3.36. The molecule has 1 saturated heterocycles. The average molecular weight is 449 g/mol. The Morgan fingerprint density at radius 1 is 0.848 bits per heavy atom. The van der Waals surface area contributed by atoms with Crippen molar-refractivity contribution in [2.45, 2.75) is 25.6 Å². The molecule has 0 amide bonds. The van der Waals surface area contributed by atoms with E-state index in [0.29, 0.717) is 6.61 Å². The van der Waals surface area contributed by atoms with Gasteiger partial charge >= 0.3 is 0 Å². The van der Waals surface area contributed by atoms with Crippen LogP contribution in [0.3, 0.4) is 0 Å². The van der Waals surface area contributed by atoms with Crippen molar-refractivity contribution in [3.63, 3.8) is 0 Å². The lowest BCUT2D eigenvalue weighted by atomic mass is 10.0. The predicted molar refractivity (Wildman–Crippen MR) is 131 cm³/mol. The van der Waals surface area contributed by atoms with Gasteiger partial charge in [0.05, 0.1) is 25.5 Å². The molecular formula is C28H33FN2O2. The van der Waals surface area contributed by atoms with Gasteiger partial charge in [0.25, 0.3) is 0 Å². The second-order valence-corrected chi connectivity index (χ2v) is 8.48. The lowest BCUT2D eigenvalue weighted by Crippen LogP contribution is -2.46. The molecule has 0 saturated carbocycles. The van der Waals surface area contributed by atoms with E-state index in [-0.39, 0.29) is 11.9 Å². The highest BCUT2D eigenvalue weighted by Gasteiger charge is 2.20. The Bertz CT molecular complexity index is 973. The summed E-state index contributed by atoms with van der Waals surface area (Å²) in [4.78, 5) is 4.92. The molecule has 1 aliphatic rings. The monoisotopic (exact) mass is 448 g/mol. The Labute approximate surface area is 196 Å². The summed E-state index contributed by atoms with van der Waals surface area (Å²) < 4.78 is 25.2. The molecule has 5 heteroatoms. The number of hydrogen-bond donors (Lipinski definition) is 0. The van der Waals surface area contributed by atoms with Crippen LogP contribution >= 0.6 is 0 Å². The van der Waals surface area contributed by atoms with E-state index in [2.05, 4.69) is 34.1 Å². The van der Waals surface area contributed by atoms with Crippen LogP contribution in [-0.4, -0.2) is 44.7 Å². The fourth-order valence-corrected chi connectivity index (χ4v) is 4.40. The first kappa shape index (κ1) is 23.3. The third-order valence-electron chi connectivity index (χ3n) is 6.27. The number of nitrogens with zero attached hydrogens (tertiary/aromatic N) is 2. The standard InChI is InChI=1S/C28H33FN2O2/c1-32-28-11-6-5-10-26(28)31-20-18-30(19-21-31)17-7-12-27(24-13-15-25(29)16-14-24)33-22-23-8-3-2-4-9-23/h2-6,8-11,13-16,27H,7,12,17-22H2,1H3. The first-order valence-corrected chi connectivity index (χ1v) is 11.7. The summed E-state index contributed by atoms with van der Waals surface area (Å²) in [6.45, 7) is 5.64. The van der Waals surface area contributed by atoms with Crippen LogP contribution in [-0.2, 0) is 11.3 Å². The summed E-state index contributed by atoms with van der Waals surface area (Å²) >= 11 is 0. The van der Waals surface area contributed by atoms with E-state index < -0.39 is 0 Å². The zero-order chi connectivity index (χ0) is 22.9. The van der Waals surface area contributed by atoms with Gasteiger partial charge in [0.15, 0.2) is 0 Å². The first-order valence-electron chi connectivity index (χ1n) is 11.7. The van der Waals surface area contributed by atoms with Crippen LogP contribution < -0.4 is 9.64 Å². The maximum absolute atomic E-state index is 13.4. The second kappa shape index (κ2) is 11.8. The molecule has 3 aromatic rings. The largest absolute Gasteiger partial charge is 0.495 e. The van der Waals surface area contributed by atoms with Gasteiger partial charge in [-0.2, -0.15) is 0 Å². The minimum Gasteiger partial charge on any atom is -0.495 e. The molecule has 0 aliphatic carbocycles. The number of benzene rings is 3. The molecule has 0 radical (unpaired) electrons. The highest BCUT2D eigenvalue weighted by Crippen LogP contribution is 2.29. The Hall–Kier alpha value is -2.89. The molecule has 1 aliphatic heterocycles. The van der Waals surface area contributed by atoms with Gasteiger partial charge in [-0.1, -0.05) is 54.6 Å². The van der Waals surface area contributed by atoms with Crippen molar-refractivity contribution in [3.05, 3.63) is 95.8 Å². The molecule has 174 valence electrons. The van der Waals surface area contributed by atoms with Crippen LogP contribution in [0.15, 0.2) is 78.9 Å². The van der Waals surface area contributed by atoms with Gasteiger partial charge in [-0.05, 0) is 54.8 Å². The lowest BCUT2D eigenvalue weighted by molar-refractivity contribution is 0.0305. The number of hydrogen-bond acceptors (Lipinski definition) is 4. The summed E-state index contributed by atoms with van der Waals surface area (Å²) in [6.07, 6.45) is 1.90. The number of halogens is 1. The van der Waals surface area contributed by atoms with Crippen molar-refractivity contribution in [1.82, 2.24) is 4.90 Å². The van der Waals surface area contributed by atoms with Gasteiger partial charge in [-0.15, -0.1) is 0 Å². The third kappa shape index (κ3) is 6.56. The van der Waals surface area contributed by atoms with Gasteiger partial charge in [-0.25, -0.2) is 4.39 Å². The van der Waals surface area contributed by atoms with Crippen molar-refractivity contribution < 1.29 is 13.9 Å². The van der Waals surface area contributed by atoms with E-state index in [9.17, 15) is 4.39 Å². The average Bonchev–Trinajstić information content (AvgIpc) is 2.87. The molecular weight excluding hydrogens is 415 g/mol. The minimum atomic E-state index is -0.214. The van der Waals surface area contributed by atoms with Crippen LogP contribution in [0.1, 0.15) is 30.1 Å². The molecule has 1 unspecified atom stereocenters. The molecule has 1 atom stereocenters. The quantitative estimate of drug-likeness (QED) is 0.398. The van der Waals surface area contributed by atoms with Gasteiger partial charge in [0.1, 0.15) is 11.6 Å². The van der Waals surface area contributed by atoms with Crippen molar-refractivity contribution in [2.75, 3.05) is 44.7 Å². The highest BCUT2D eigenvalue weighted by molar-refractivity contribution is 5.58. The first-order chi connectivity index (χ1) is 16.2. The Morgan fingerprint density at radius 2 is 1.55 bits per heavy atom. The van der Waals surface area contributed by atoms with E-state index in [0.717, 1.165) is 62.4 Å². The fraction of sp³-hybridized carbons (Fsp3) is 0.357. The summed E-state index contributed by atoms with van der Waals surface area (Å²) in [5, 5.41) is 0. The van der Waals surface area contributed by atoms with Crippen LogP contribution in [0.4, 0.5) is 10.1 Å². The number of piperazine rings is 1. The van der Waals surface area contributed by atoms with Crippen molar-refractivity contribution >= 4 is 5.69 Å². The van der Waals surface area contributed by atoms with Crippen LogP contribution in [0.2, 0.25) is 0 Å². The fourth-order valence-electron chi connectivity index (χ4n) is 4.40. The number of rotatable bonds is 10. The van der Waals surface area contributed by atoms with Crippen molar-refractivity contribution in [1.29, 1.82) is 0 Å². The van der Waals surface area contributed by atoms with E-state index in [4.69, 9.17) is 9.47 Å². The molecule has 0 bridgehead atoms. The van der Waals surface area contributed by atoms with E-state index >= 15 is 0 Å². The molecule has 4 rings (SSSR count). The molecule has 1 heterocycles. The summed E-state index contributed by atoms with van der Waals surface area (Å²) in [6, 6.07) is 25.2. The van der Waals surface area contributed by atoms with E-state index in [1.807, 2.05) is 42.5 Å². The normalized spacial score (nSPS) is 15.4. The van der Waals surface area contributed by atoms with E-state index in [1.54, 1.807) is 7.11 Å². The molecule has 1 fully saturated rings. The molecule has 33 heavy (non-hydrogen) atoms. The molecule has 0 aromatic heterocycles. The topological polar surface area (TPSA) is 24.9 Å². The van der Waals surface area contributed by atoms with Crippen LogP contribution in [0.5, 0.6) is 5.75 Å². The minimum absolute atomic E-state index is 0.0410. The zero-order valence-electron chi connectivity index (χ0n) is 19.3. The van der Waals surface area contributed by atoms with Gasteiger partial charge in [0.2, 0.25) is 0 Å². The van der Waals surface area contributed by atoms with Crippen molar-refractivity contribution in [2.24, 2.45) is 0 Å². The smallest absolute Gasteiger partial charge is 0.142 e. The van der Waals surface area contributed by atoms with Crippen LogP contribution in [0, 0.1) is 5.82 Å². The molecule has 0 N–H and O–H groups in total.